The van der Waals surface area contributed by atoms with Gasteiger partial charge in [0.15, 0.2) is 0 Å². The number of hydrogen-bond acceptors (Lipinski definition) is 3. The monoisotopic (exact) mass is 340 g/mol. The maximum atomic E-state index is 12.8. The smallest absolute Gasteiger partial charge is 0.254 e. The molecule has 0 unspecified atom stereocenters. The summed E-state index contributed by atoms with van der Waals surface area (Å²) in [5, 5.41) is 4.82. The number of rotatable bonds is 4. The van der Waals surface area contributed by atoms with E-state index in [4.69, 9.17) is 0 Å². The van der Waals surface area contributed by atoms with E-state index in [1.54, 1.807) is 11.3 Å². The van der Waals surface area contributed by atoms with E-state index in [9.17, 15) is 9.59 Å². The summed E-state index contributed by atoms with van der Waals surface area (Å²) in [7, 11) is 0. The standard InChI is InChI=1S/C19H20N2O2S/c1-3-18(22)20-12-14-4-6-15(7-5-14)19(23)21-10-8-17-16(13(21)2)9-11-24-17/h3-7,9,11,13H,1,8,10,12H2,2H3,(H,20,22)/t13-/m1/s1. The minimum atomic E-state index is -0.205. The van der Waals surface area contributed by atoms with Crippen LogP contribution in [0.15, 0.2) is 48.4 Å². The van der Waals surface area contributed by atoms with Gasteiger partial charge >= 0.3 is 0 Å². The third kappa shape index (κ3) is 3.26. The molecule has 1 aromatic carbocycles. The van der Waals surface area contributed by atoms with Crippen molar-refractivity contribution in [2.24, 2.45) is 0 Å². The molecule has 0 fully saturated rings. The lowest BCUT2D eigenvalue weighted by molar-refractivity contribution is -0.116. The topological polar surface area (TPSA) is 49.4 Å². The molecular formula is C19H20N2O2S. The molecule has 2 heterocycles. The molecule has 1 N–H and O–H groups in total. The second kappa shape index (κ2) is 7.01. The Bertz CT molecular complexity index is 764. The molecule has 124 valence electrons. The Hall–Kier alpha value is -2.40. The Labute approximate surface area is 145 Å². The Morgan fingerprint density at radius 3 is 2.79 bits per heavy atom. The molecule has 3 rings (SSSR count). The molecule has 0 bridgehead atoms. The summed E-state index contributed by atoms with van der Waals surface area (Å²) in [4.78, 5) is 27.3. The predicted octanol–water partition coefficient (Wildman–Crippen LogP) is 3.31. The van der Waals surface area contributed by atoms with Crippen molar-refractivity contribution in [2.75, 3.05) is 6.54 Å². The van der Waals surface area contributed by atoms with Crippen molar-refractivity contribution in [1.82, 2.24) is 10.2 Å². The van der Waals surface area contributed by atoms with Crippen LogP contribution in [0.4, 0.5) is 0 Å². The van der Waals surface area contributed by atoms with Gasteiger partial charge in [0.25, 0.3) is 5.91 Å². The molecule has 4 nitrogen and oxygen atoms in total. The zero-order valence-electron chi connectivity index (χ0n) is 13.6. The highest BCUT2D eigenvalue weighted by atomic mass is 32.1. The van der Waals surface area contributed by atoms with Crippen molar-refractivity contribution in [3.8, 4) is 0 Å². The third-order valence-corrected chi connectivity index (χ3v) is 5.39. The van der Waals surface area contributed by atoms with E-state index in [0.29, 0.717) is 12.1 Å². The van der Waals surface area contributed by atoms with Crippen LogP contribution < -0.4 is 5.32 Å². The van der Waals surface area contributed by atoms with Crippen LogP contribution in [-0.2, 0) is 17.8 Å². The summed E-state index contributed by atoms with van der Waals surface area (Å²) in [6, 6.07) is 9.64. The van der Waals surface area contributed by atoms with Gasteiger partial charge < -0.3 is 10.2 Å². The molecule has 5 heteroatoms. The van der Waals surface area contributed by atoms with E-state index in [-0.39, 0.29) is 17.9 Å². The maximum Gasteiger partial charge on any atom is 0.254 e. The van der Waals surface area contributed by atoms with Gasteiger partial charge in [-0.2, -0.15) is 0 Å². The second-order valence-corrected chi connectivity index (χ2v) is 6.84. The molecule has 0 spiro atoms. The van der Waals surface area contributed by atoms with Crippen molar-refractivity contribution >= 4 is 23.2 Å². The summed E-state index contributed by atoms with van der Waals surface area (Å²) in [5.74, 6) is -0.148. The van der Waals surface area contributed by atoms with Crippen LogP contribution in [0.2, 0.25) is 0 Å². The van der Waals surface area contributed by atoms with Crippen LogP contribution in [0.1, 0.15) is 39.3 Å². The van der Waals surface area contributed by atoms with Crippen molar-refractivity contribution in [3.63, 3.8) is 0 Å². The summed E-state index contributed by atoms with van der Waals surface area (Å²) in [5.41, 5.74) is 2.90. The number of nitrogens with zero attached hydrogens (tertiary/aromatic N) is 1. The van der Waals surface area contributed by atoms with Gasteiger partial charge in [-0.15, -0.1) is 11.3 Å². The Kier molecular flexibility index (Phi) is 4.81. The molecule has 1 aliphatic heterocycles. The number of hydrogen-bond donors (Lipinski definition) is 1. The van der Waals surface area contributed by atoms with Crippen molar-refractivity contribution in [1.29, 1.82) is 0 Å². The molecule has 0 radical (unpaired) electrons. The minimum absolute atomic E-state index is 0.0565. The van der Waals surface area contributed by atoms with Gasteiger partial charge in [0, 0.05) is 23.5 Å². The van der Waals surface area contributed by atoms with Crippen molar-refractivity contribution in [3.05, 3.63) is 69.9 Å². The molecule has 0 saturated carbocycles. The summed E-state index contributed by atoms with van der Waals surface area (Å²) < 4.78 is 0. The summed E-state index contributed by atoms with van der Waals surface area (Å²) in [6.45, 7) is 6.69. The summed E-state index contributed by atoms with van der Waals surface area (Å²) in [6.07, 6.45) is 2.17. The van der Waals surface area contributed by atoms with Crippen LogP contribution in [-0.4, -0.2) is 23.3 Å². The van der Waals surface area contributed by atoms with Crippen LogP contribution >= 0.6 is 11.3 Å². The quantitative estimate of drug-likeness (QED) is 0.868. The lowest BCUT2D eigenvalue weighted by atomic mass is 10.00. The lowest BCUT2D eigenvalue weighted by Gasteiger charge is -2.33. The average Bonchev–Trinajstić information content (AvgIpc) is 3.09. The highest BCUT2D eigenvalue weighted by Gasteiger charge is 2.28. The maximum absolute atomic E-state index is 12.8. The van der Waals surface area contributed by atoms with Gasteiger partial charge in [-0.05, 0) is 54.1 Å². The van der Waals surface area contributed by atoms with Gasteiger partial charge in [-0.25, -0.2) is 0 Å². The van der Waals surface area contributed by atoms with Gasteiger partial charge in [-0.1, -0.05) is 18.7 Å². The molecule has 2 amide bonds. The van der Waals surface area contributed by atoms with Gasteiger partial charge in [-0.3, -0.25) is 9.59 Å². The zero-order chi connectivity index (χ0) is 17.1. The minimum Gasteiger partial charge on any atom is -0.348 e. The van der Waals surface area contributed by atoms with Crippen LogP contribution in [0.5, 0.6) is 0 Å². The van der Waals surface area contributed by atoms with Gasteiger partial charge in [0.1, 0.15) is 0 Å². The first-order valence-electron chi connectivity index (χ1n) is 7.96. The van der Waals surface area contributed by atoms with Gasteiger partial charge in [0.05, 0.1) is 6.04 Å². The molecule has 1 aliphatic rings. The lowest BCUT2D eigenvalue weighted by Crippen LogP contribution is -2.38. The molecule has 1 aromatic heterocycles. The van der Waals surface area contributed by atoms with Crippen molar-refractivity contribution < 1.29 is 9.59 Å². The first kappa shape index (κ1) is 16.5. The fourth-order valence-electron chi connectivity index (χ4n) is 2.98. The van der Waals surface area contributed by atoms with E-state index in [1.165, 1.54) is 16.5 Å². The second-order valence-electron chi connectivity index (χ2n) is 5.84. The number of benzene rings is 1. The molecule has 0 saturated heterocycles. The van der Waals surface area contributed by atoms with E-state index >= 15 is 0 Å². The van der Waals surface area contributed by atoms with Crippen LogP contribution in [0.3, 0.4) is 0 Å². The molecule has 24 heavy (non-hydrogen) atoms. The van der Waals surface area contributed by atoms with Crippen LogP contribution in [0, 0.1) is 0 Å². The SMILES string of the molecule is C=CC(=O)NCc1ccc(C(=O)N2CCc3sccc3[C@H]2C)cc1. The Balaban J connectivity index is 1.69. The molecule has 1 atom stereocenters. The number of carbonyl (C=O) groups is 2. The highest BCUT2D eigenvalue weighted by molar-refractivity contribution is 7.10. The Morgan fingerprint density at radius 2 is 2.08 bits per heavy atom. The number of carbonyl (C=O) groups excluding carboxylic acids is 2. The van der Waals surface area contributed by atoms with Crippen LogP contribution in [0.25, 0.3) is 0 Å². The number of thiophene rings is 1. The average molecular weight is 340 g/mol. The first-order chi connectivity index (χ1) is 11.6. The fourth-order valence-corrected chi connectivity index (χ4v) is 3.94. The van der Waals surface area contributed by atoms with E-state index < -0.39 is 0 Å². The van der Waals surface area contributed by atoms with E-state index in [2.05, 4.69) is 30.3 Å². The van der Waals surface area contributed by atoms with Crippen molar-refractivity contribution in [2.45, 2.75) is 25.9 Å². The number of amides is 2. The third-order valence-electron chi connectivity index (χ3n) is 4.39. The molecule has 0 aliphatic carbocycles. The molecule has 2 aromatic rings. The normalized spacial score (nSPS) is 16.4. The Morgan fingerprint density at radius 1 is 1.33 bits per heavy atom. The number of fused-ring (bicyclic) bond motifs is 1. The largest absolute Gasteiger partial charge is 0.348 e. The predicted molar refractivity (Wildman–Crippen MR) is 96.0 cm³/mol. The van der Waals surface area contributed by atoms with Gasteiger partial charge in [0.2, 0.25) is 5.91 Å². The first-order valence-corrected chi connectivity index (χ1v) is 8.84. The summed E-state index contributed by atoms with van der Waals surface area (Å²) >= 11 is 1.77. The fraction of sp³-hybridized carbons (Fsp3) is 0.263. The zero-order valence-corrected chi connectivity index (χ0v) is 14.4. The highest BCUT2D eigenvalue weighted by Crippen LogP contribution is 2.33. The molecular weight excluding hydrogens is 320 g/mol. The van der Waals surface area contributed by atoms with E-state index in [0.717, 1.165) is 18.5 Å². The van der Waals surface area contributed by atoms with E-state index in [1.807, 2.05) is 29.2 Å². The number of nitrogens with one attached hydrogen (secondary N) is 1.